The molecule has 0 aromatic rings. The molecule has 0 unspecified atom stereocenters. The molecule has 3 N–H and O–H groups in total. The van der Waals surface area contributed by atoms with E-state index < -0.39 is 16.9 Å². The minimum absolute atomic E-state index is 0. The Labute approximate surface area is 139 Å². The molecule has 0 aromatic heterocycles. The van der Waals surface area contributed by atoms with Crippen molar-refractivity contribution in [2.45, 2.75) is 0 Å². The van der Waals surface area contributed by atoms with Gasteiger partial charge in [0.05, 0.1) is 0 Å². The smallest absolute Gasteiger partial charge is 0.894 e. The molecule has 64 valence electrons. The quantitative estimate of drug-likeness (QED) is 0.280. The number of hydrogen-bond donors (Lipinski definition) is 3. The van der Waals surface area contributed by atoms with Gasteiger partial charge in [-0.3, -0.25) is 0 Å². The maximum atomic E-state index is 8.88. The molecule has 0 heterocycles. The zero-order valence-corrected chi connectivity index (χ0v) is 14.3. The van der Waals surface area contributed by atoms with E-state index in [9.17, 15) is 0 Å². The molecular formula is H3BaCaO8PSi. The molecule has 0 aromatic carbocycles. The minimum Gasteiger partial charge on any atom is -0.894 e. The van der Waals surface area contributed by atoms with Gasteiger partial charge in [-0.2, -0.15) is 0 Å². The average Bonchev–Trinajstić information content (AvgIpc) is 1.12. The Morgan fingerprint density at radius 3 is 1.00 bits per heavy atom. The monoisotopic (exact) mass is 368 g/mol. The normalized spacial score (nSPS) is 9.92. The van der Waals surface area contributed by atoms with Gasteiger partial charge < -0.3 is 42.9 Å². The minimum atomic E-state index is -5.61. The van der Waals surface area contributed by atoms with E-state index in [1.165, 1.54) is 0 Å². The second-order valence-corrected chi connectivity index (χ2v) is 3.04. The van der Waals surface area contributed by atoms with Crippen LogP contribution in [0.15, 0.2) is 0 Å². The summed E-state index contributed by atoms with van der Waals surface area (Å²) in [6, 6.07) is 0. The van der Waals surface area contributed by atoms with Crippen molar-refractivity contribution in [1.82, 2.24) is 0 Å². The molecule has 12 heteroatoms. The summed E-state index contributed by atoms with van der Waals surface area (Å²) in [4.78, 5) is 55.9. The zero-order valence-electron chi connectivity index (χ0n) is 5.74. The molecule has 0 spiro atoms. The molecule has 0 saturated heterocycles. The number of phosphoric acid groups is 1. The van der Waals surface area contributed by atoms with Crippen LogP contribution in [0.5, 0.6) is 0 Å². The van der Waals surface area contributed by atoms with E-state index >= 15 is 0 Å². The molecule has 0 aliphatic carbocycles. The first-order valence-electron chi connectivity index (χ1n) is 1.60. The Hall–Kier alpha value is 3.00. The SMILES string of the molecule is O=P(O)(O)O.[Ba+2].[Ca+2].[O-][Si]([O-])([O-])[O-]. The molecule has 0 aliphatic heterocycles. The molecule has 0 bridgehead atoms. The van der Waals surface area contributed by atoms with E-state index in [0.717, 1.165) is 0 Å². The molecule has 12 heavy (non-hydrogen) atoms. The molecule has 0 saturated carbocycles. The van der Waals surface area contributed by atoms with Gasteiger partial charge in [0, 0.05) is 0 Å². The van der Waals surface area contributed by atoms with Crippen LogP contribution in [0, 0.1) is 0 Å². The van der Waals surface area contributed by atoms with Crippen LogP contribution in [0.2, 0.25) is 0 Å². The number of rotatable bonds is 0. The van der Waals surface area contributed by atoms with Crippen LogP contribution in [0.1, 0.15) is 0 Å². The van der Waals surface area contributed by atoms with Crippen LogP contribution in [0.25, 0.3) is 0 Å². The topological polar surface area (TPSA) is 170 Å². The standard InChI is InChI=1S/Ba.Ca.H3O4P.O4Si/c;;2*1-5(2,3)4/h;;(H3,1,2,3,4);/q2*+2;;-4. The van der Waals surface area contributed by atoms with E-state index in [2.05, 4.69) is 0 Å². The Balaban J connectivity index is -0.0000000457. The molecule has 8 nitrogen and oxygen atoms in total. The van der Waals surface area contributed by atoms with Crippen molar-refractivity contribution in [3.05, 3.63) is 0 Å². The van der Waals surface area contributed by atoms with Crippen molar-refractivity contribution in [2.75, 3.05) is 0 Å². The van der Waals surface area contributed by atoms with Gasteiger partial charge in [0.1, 0.15) is 0 Å². The Morgan fingerprint density at radius 1 is 1.00 bits per heavy atom. The molecule has 0 fully saturated rings. The summed E-state index contributed by atoms with van der Waals surface area (Å²) in [5.74, 6) is 0. The third kappa shape index (κ3) is 208. The van der Waals surface area contributed by atoms with Crippen LogP contribution in [0.3, 0.4) is 0 Å². The second-order valence-electron chi connectivity index (χ2n) is 1.01. The third-order valence-corrected chi connectivity index (χ3v) is 0. The summed E-state index contributed by atoms with van der Waals surface area (Å²) in [6.45, 7) is 0. The van der Waals surface area contributed by atoms with Crippen LogP contribution >= 0.6 is 7.82 Å². The van der Waals surface area contributed by atoms with E-state index in [-0.39, 0.29) is 86.6 Å². The predicted molar refractivity (Wildman–Crippen MR) is 31.5 cm³/mol. The summed E-state index contributed by atoms with van der Waals surface area (Å²) >= 11 is 0. The first kappa shape index (κ1) is 24.3. The van der Waals surface area contributed by atoms with E-state index in [1.54, 1.807) is 0 Å². The second kappa shape index (κ2) is 10.5. The summed E-state index contributed by atoms with van der Waals surface area (Å²) < 4.78 is 8.88. The van der Waals surface area contributed by atoms with E-state index in [1.807, 2.05) is 0 Å². The largest absolute Gasteiger partial charge is 2.00 e. The van der Waals surface area contributed by atoms with E-state index in [0.29, 0.717) is 0 Å². The predicted octanol–water partition coefficient (Wildman–Crippen LogP) is -6.83. The van der Waals surface area contributed by atoms with Gasteiger partial charge in [-0.25, -0.2) is 4.57 Å². The maximum Gasteiger partial charge on any atom is 2.00 e. The van der Waals surface area contributed by atoms with Crippen LogP contribution < -0.4 is 19.2 Å². The third-order valence-electron chi connectivity index (χ3n) is 0. The summed E-state index contributed by atoms with van der Waals surface area (Å²) in [6.07, 6.45) is 0. The van der Waals surface area contributed by atoms with Crippen molar-refractivity contribution >= 4 is 103 Å². The molecule has 0 atom stereocenters. The zero-order chi connectivity index (χ0) is 9.00. The Morgan fingerprint density at radius 2 is 1.00 bits per heavy atom. The van der Waals surface area contributed by atoms with Crippen LogP contribution in [-0.2, 0) is 4.57 Å². The van der Waals surface area contributed by atoms with Gasteiger partial charge in [0.15, 0.2) is 0 Å². The number of hydrogen-bond acceptors (Lipinski definition) is 5. The first-order chi connectivity index (χ1) is 4.00. The summed E-state index contributed by atoms with van der Waals surface area (Å²) in [7, 11) is -10.2. The maximum absolute atomic E-state index is 8.88. The van der Waals surface area contributed by atoms with Crippen molar-refractivity contribution < 1.29 is 38.4 Å². The van der Waals surface area contributed by atoms with Gasteiger partial charge in [-0.15, -0.1) is 0 Å². The van der Waals surface area contributed by atoms with Crippen molar-refractivity contribution in [3.8, 4) is 0 Å². The van der Waals surface area contributed by atoms with Gasteiger partial charge in [-0.1, -0.05) is 0 Å². The molecule has 0 radical (unpaired) electrons. The first-order valence-corrected chi connectivity index (χ1v) is 4.80. The van der Waals surface area contributed by atoms with Crippen LogP contribution in [0.4, 0.5) is 0 Å². The van der Waals surface area contributed by atoms with Crippen molar-refractivity contribution in [2.24, 2.45) is 0 Å². The molecular weight excluding hydrogens is 364 g/mol. The Bertz CT molecular complexity index is 111. The van der Waals surface area contributed by atoms with Crippen LogP contribution in [-0.4, -0.2) is 110 Å². The van der Waals surface area contributed by atoms with E-state index in [4.69, 9.17) is 38.4 Å². The average molecular weight is 367 g/mol. The van der Waals surface area contributed by atoms with Gasteiger partial charge in [-0.05, 0) is 0 Å². The van der Waals surface area contributed by atoms with Crippen molar-refractivity contribution in [1.29, 1.82) is 0 Å². The Kier molecular flexibility index (Phi) is 21.3. The molecule has 0 amide bonds. The molecule has 0 rings (SSSR count). The fourth-order valence-electron chi connectivity index (χ4n) is 0. The summed E-state index contributed by atoms with van der Waals surface area (Å²) in [5.41, 5.74) is 0. The molecule has 0 aliphatic rings. The fraction of sp³-hybridized carbons (Fsp3) is 0. The van der Waals surface area contributed by atoms with Crippen molar-refractivity contribution in [3.63, 3.8) is 0 Å². The summed E-state index contributed by atoms with van der Waals surface area (Å²) in [5, 5.41) is 0. The van der Waals surface area contributed by atoms with Gasteiger partial charge in [0.25, 0.3) is 0 Å². The van der Waals surface area contributed by atoms with Gasteiger partial charge in [0.2, 0.25) is 0 Å². The fourth-order valence-corrected chi connectivity index (χ4v) is 0. The van der Waals surface area contributed by atoms with Gasteiger partial charge >= 0.3 is 94.4 Å².